The molecular formula is C28H31N3O2S. The zero-order valence-electron chi connectivity index (χ0n) is 19.3. The molecule has 5 rings (SSSR count). The molecule has 1 aromatic heterocycles. The molecule has 1 aliphatic carbocycles. The lowest BCUT2D eigenvalue weighted by Crippen LogP contribution is -2.48. The van der Waals surface area contributed by atoms with Gasteiger partial charge in [0.15, 0.2) is 0 Å². The van der Waals surface area contributed by atoms with Gasteiger partial charge in [0.05, 0.1) is 18.4 Å². The van der Waals surface area contributed by atoms with Crippen LogP contribution in [0.3, 0.4) is 0 Å². The van der Waals surface area contributed by atoms with Crippen molar-refractivity contribution in [3.05, 3.63) is 87.6 Å². The number of carbonyl (C=O) groups excluding carboxylic acids is 2. The summed E-state index contributed by atoms with van der Waals surface area (Å²) in [5.74, 6) is -0.412. The fraction of sp³-hybridized carbons (Fsp3) is 0.357. The van der Waals surface area contributed by atoms with Crippen molar-refractivity contribution in [2.45, 2.75) is 38.8 Å². The summed E-state index contributed by atoms with van der Waals surface area (Å²) in [4.78, 5) is 29.8. The average Bonchev–Trinajstić information content (AvgIpc) is 3.55. The predicted octanol–water partition coefficient (Wildman–Crippen LogP) is 4.63. The minimum Gasteiger partial charge on any atom is -0.351 e. The van der Waals surface area contributed by atoms with Crippen molar-refractivity contribution in [2.24, 2.45) is 11.8 Å². The van der Waals surface area contributed by atoms with E-state index in [0.717, 1.165) is 30.0 Å². The molecule has 5 nitrogen and oxygen atoms in total. The minimum absolute atomic E-state index is 0.00626. The first kappa shape index (κ1) is 22.8. The zero-order valence-corrected chi connectivity index (χ0v) is 20.2. The predicted molar refractivity (Wildman–Crippen MR) is 137 cm³/mol. The highest BCUT2D eigenvalue weighted by Crippen LogP contribution is 2.28. The van der Waals surface area contributed by atoms with Crippen molar-refractivity contribution in [2.75, 3.05) is 18.4 Å². The Morgan fingerprint density at radius 3 is 2.50 bits per heavy atom. The molecule has 2 amide bonds. The fourth-order valence-corrected chi connectivity index (χ4v) is 5.81. The van der Waals surface area contributed by atoms with Gasteiger partial charge >= 0.3 is 0 Å². The van der Waals surface area contributed by atoms with E-state index in [-0.39, 0.29) is 23.7 Å². The quantitative estimate of drug-likeness (QED) is 0.526. The molecule has 1 aliphatic heterocycles. The summed E-state index contributed by atoms with van der Waals surface area (Å²) < 4.78 is 0. The van der Waals surface area contributed by atoms with Gasteiger partial charge in [-0.2, -0.15) is 0 Å². The number of piperidine rings is 1. The lowest BCUT2D eigenvalue weighted by molar-refractivity contribution is -0.130. The smallest absolute Gasteiger partial charge is 0.228 e. The number of fused-ring (bicyclic) bond motifs is 1. The second-order valence-electron chi connectivity index (χ2n) is 9.43. The molecule has 2 aromatic carbocycles. The molecule has 1 fully saturated rings. The van der Waals surface area contributed by atoms with Gasteiger partial charge in [0.2, 0.25) is 11.8 Å². The summed E-state index contributed by atoms with van der Waals surface area (Å²) in [7, 11) is 0. The third kappa shape index (κ3) is 5.57. The number of nitrogens with zero attached hydrogens (tertiary/aromatic N) is 1. The highest BCUT2D eigenvalue weighted by Gasteiger charge is 2.35. The van der Waals surface area contributed by atoms with E-state index in [0.29, 0.717) is 26.1 Å². The molecule has 0 saturated carbocycles. The van der Waals surface area contributed by atoms with Gasteiger partial charge in [0.25, 0.3) is 0 Å². The van der Waals surface area contributed by atoms with Gasteiger partial charge in [0.1, 0.15) is 0 Å². The third-order valence-corrected chi connectivity index (χ3v) is 7.78. The molecule has 0 radical (unpaired) electrons. The summed E-state index contributed by atoms with van der Waals surface area (Å²) in [6.45, 7) is 2.59. The SMILES string of the molecule is O=C(NCc1cccs1)[C@H]1C[C@@H](C(=O)Nc2ccc3c(c2)CCC3)CN(Cc2ccccc2)C1. The summed E-state index contributed by atoms with van der Waals surface area (Å²) >= 11 is 1.64. The number of benzene rings is 2. The van der Waals surface area contributed by atoms with Crippen LogP contribution in [0.2, 0.25) is 0 Å². The fourth-order valence-electron chi connectivity index (χ4n) is 5.17. The Labute approximate surface area is 205 Å². The molecule has 176 valence electrons. The molecule has 3 aromatic rings. The Kier molecular flexibility index (Phi) is 7.07. The van der Waals surface area contributed by atoms with Crippen LogP contribution in [0, 0.1) is 11.8 Å². The van der Waals surface area contributed by atoms with E-state index in [1.54, 1.807) is 11.3 Å². The highest BCUT2D eigenvalue weighted by atomic mass is 32.1. The first-order valence-electron chi connectivity index (χ1n) is 12.1. The van der Waals surface area contributed by atoms with E-state index in [9.17, 15) is 9.59 Å². The van der Waals surface area contributed by atoms with E-state index >= 15 is 0 Å². The molecule has 0 spiro atoms. The van der Waals surface area contributed by atoms with Gasteiger partial charge < -0.3 is 10.6 Å². The molecule has 6 heteroatoms. The number of nitrogens with one attached hydrogen (secondary N) is 2. The summed E-state index contributed by atoms with van der Waals surface area (Å²) in [6, 6.07) is 20.6. The molecule has 1 saturated heterocycles. The second kappa shape index (κ2) is 10.5. The van der Waals surface area contributed by atoms with E-state index in [4.69, 9.17) is 0 Å². The Hall–Kier alpha value is -2.96. The Morgan fingerprint density at radius 1 is 0.912 bits per heavy atom. The molecular weight excluding hydrogens is 442 g/mol. The van der Waals surface area contributed by atoms with Crippen LogP contribution in [0.25, 0.3) is 0 Å². The number of aryl methyl sites for hydroxylation is 2. The summed E-state index contributed by atoms with van der Waals surface area (Å²) in [6.07, 6.45) is 3.97. The van der Waals surface area contributed by atoms with Gasteiger partial charge in [-0.25, -0.2) is 0 Å². The second-order valence-corrected chi connectivity index (χ2v) is 10.5. The Balaban J connectivity index is 1.28. The number of hydrogen-bond acceptors (Lipinski definition) is 4. The topological polar surface area (TPSA) is 61.4 Å². The van der Waals surface area contributed by atoms with Crippen molar-refractivity contribution in [1.29, 1.82) is 0 Å². The van der Waals surface area contributed by atoms with Gasteiger partial charge in [-0.05, 0) is 66.0 Å². The number of thiophene rings is 1. The van der Waals surface area contributed by atoms with Crippen molar-refractivity contribution in [1.82, 2.24) is 10.2 Å². The van der Waals surface area contributed by atoms with Gasteiger partial charge in [0, 0.05) is 30.2 Å². The molecule has 0 unspecified atom stereocenters. The van der Waals surface area contributed by atoms with E-state index in [1.807, 2.05) is 41.8 Å². The lowest BCUT2D eigenvalue weighted by atomic mass is 9.87. The van der Waals surface area contributed by atoms with Crippen LogP contribution in [-0.4, -0.2) is 29.8 Å². The van der Waals surface area contributed by atoms with Crippen molar-refractivity contribution in [3.63, 3.8) is 0 Å². The minimum atomic E-state index is -0.233. The van der Waals surface area contributed by atoms with Crippen LogP contribution in [0.4, 0.5) is 5.69 Å². The monoisotopic (exact) mass is 473 g/mol. The molecule has 0 bridgehead atoms. The molecule has 2 atom stereocenters. The van der Waals surface area contributed by atoms with Crippen molar-refractivity contribution in [3.8, 4) is 0 Å². The number of likely N-dealkylation sites (tertiary alicyclic amines) is 1. The van der Waals surface area contributed by atoms with Gasteiger partial charge in [-0.1, -0.05) is 42.5 Å². The van der Waals surface area contributed by atoms with Crippen LogP contribution in [0.1, 0.15) is 34.4 Å². The number of amides is 2. The summed E-state index contributed by atoms with van der Waals surface area (Å²) in [5.41, 5.74) is 4.80. The lowest BCUT2D eigenvalue weighted by Gasteiger charge is -2.36. The normalized spacial score (nSPS) is 20.0. The average molecular weight is 474 g/mol. The van der Waals surface area contributed by atoms with Crippen molar-refractivity contribution >= 4 is 28.8 Å². The standard InChI is InChI=1S/C28H31N3O2S/c32-27(29-16-26-10-5-13-34-26)23-14-24(19-31(18-23)17-20-6-2-1-3-7-20)28(33)30-25-12-11-21-8-4-9-22(21)15-25/h1-3,5-7,10-13,15,23-24H,4,8-9,14,16-19H2,(H,29,32)(H,30,33)/t23-,24+/m0/s1. The van der Waals surface area contributed by atoms with E-state index < -0.39 is 0 Å². The summed E-state index contributed by atoms with van der Waals surface area (Å²) in [5, 5.41) is 8.25. The van der Waals surface area contributed by atoms with E-state index in [1.165, 1.54) is 23.1 Å². The van der Waals surface area contributed by atoms with Crippen LogP contribution < -0.4 is 10.6 Å². The maximum absolute atomic E-state index is 13.3. The Bertz CT molecular complexity index is 1130. The molecule has 2 aliphatic rings. The highest BCUT2D eigenvalue weighted by molar-refractivity contribution is 7.09. The molecule has 2 N–H and O–H groups in total. The van der Waals surface area contributed by atoms with Crippen molar-refractivity contribution < 1.29 is 9.59 Å². The van der Waals surface area contributed by atoms with E-state index in [2.05, 4.69) is 39.8 Å². The zero-order chi connectivity index (χ0) is 23.3. The van der Waals surface area contributed by atoms with Gasteiger partial charge in [-0.15, -0.1) is 11.3 Å². The maximum Gasteiger partial charge on any atom is 0.228 e. The number of hydrogen-bond donors (Lipinski definition) is 2. The van der Waals surface area contributed by atoms with Gasteiger partial charge in [-0.3, -0.25) is 14.5 Å². The first-order valence-corrected chi connectivity index (χ1v) is 13.0. The first-order chi connectivity index (χ1) is 16.6. The number of anilines is 1. The molecule has 2 heterocycles. The van der Waals surface area contributed by atoms with Crippen LogP contribution in [0.5, 0.6) is 0 Å². The Morgan fingerprint density at radius 2 is 1.71 bits per heavy atom. The third-order valence-electron chi connectivity index (χ3n) is 6.90. The van der Waals surface area contributed by atoms with Crippen LogP contribution >= 0.6 is 11.3 Å². The molecule has 34 heavy (non-hydrogen) atoms. The van der Waals surface area contributed by atoms with Crippen LogP contribution in [-0.2, 0) is 35.5 Å². The largest absolute Gasteiger partial charge is 0.351 e. The number of carbonyl (C=O) groups is 2. The van der Waals surface area contributed by atoms with Crippen LogP contribution in [0.15, 0.2) is 66.0 Å². The number of rotatable bonds is 7. The maximum atomic E-state index is 13.3.